The van der Waals surface area contributed by atoms with Gasteiger partial charge in [-0.2, -0.15) is 4.31 Å². The Morgan fingerprint density at radius 1 is 1.10 bits per heavy atom. The summed E-state index contributed by atoms with van der Waals surface area (Å²) in [7, 11) is -7.27. The van der Waals surface area contributed by atoms with Gasteiger partial charge in [0.15, 0.2) is 0 Å². The Bertz CT molecular complexity index is 1230. The van der Waals surface area contributed by atoms with Gasteiger partial charge in [-0.25, -0.2) is 16.8 Å². The number of nitrogens with zero attached hydrogens (tertiary/aromatic N) is 2. The average Bonchev–Trinajstić information content (AvgIpc) is 3.34. The number of nitrogens with one attached hydrogen (secondary N) is 2. The zero-order chi connectivity index (χ0) is 21.4. The molecule has 4 rings (SSSR count). The van der Waals surface area contributed by atoms with Crippen molar-refractivity contribution in [3.05, 3.63) is 54.1 Å². The van der Waals surface area contributed by atoms with Crippen LogP contribution in [-0.4, -0.2) is 52.5 Å². The third-order valence-electron chi connectivity index (χ3n) is 4.86. The van der Waals surface area contributed by atoms with E-state index >= 15 is 0 Å². The van der Waals surface area contributed by atoms with E-state index in [0.717, 1.165) is 12.8 Å². The van der Waals surface area contributed by atoms with Gasteiger partial charge in [0.25, 0.3) is 10.0 Å². The monoisotopic (exact) mass is 448 g/mol. The maximum absolute atomic E-state index is 12.7. The maximum atomic E-state index is 12.7. The van der Waals surface area contributed by atoms with E-state index < -0.39 is 26.0 Å². The van der Waals surface area contributed by atoms with Gasteiger partial charge in [-0.1, -0.05) is 18.2 Å². The van der Waals surface area contributed by atoms with E-state index in [9.17, 15) is 21.6 Å². The van der Waals surface area contributed by atoms with Gasteiger partial charge in [-0.05, 0) is 43.2 Å². The summed E-state index contributed by atoms with van der Waals surface area (Å²) in [5.41, 5.74) is 0.733. The third-order valence-corrected chi connectivity index (χ3v) is 8.16. The van der Waals surface area contributed by atoms with Gasteiger partial charge in [-0.3, -0.25) is 14.5 Å². The van der Waals surface area contributed by atoms with Crippen LogP contribution in [0.15, 0.2) is 63.3 Å². The summed E-state index contributed by atoms with van der Waals surface area (Å²) < 4.78 is 53.3. The van der Waals surface area contributed by atoms with E-state index in [1.165, 1.54) is 22.5 Å². The largest absolute Gasteiger partial charge is 0.324 e. The fourth-order valence-corrected chi connectivity index (χ4v) is 6.23. The molecule has 9 nitrogen and oxygen atoms in total. The summed E-state index contributed by atoms with van der Waals surface area (Å²) in [6, 6.07) is 12.4. The SMILES string of the molecule is O=C(CN=C1NS(=O)(=O)c2ccccc21)Nc1cccc(S(=O)(=O)N2CCCC2)c1. The van der Waals surface area contributed by atoms with Crippen molar-refractivity contribution in [2.45, 2.75) is 22.6 Å². The molecule has 0 aliphatic carbocycles. The summed E-state index contributed by atoms with van der Waals surface area (Å²) >= 11 is 0. The highest BCUT2D eigenvalue weighted by molar-refractivity contribution is 7.90. The molecule has 1 saturated heterocycles. The van der Waals surface area contributed by atoms with E-state index in [1.807, 2.05) is 0 Å². The Hall–Kier alpha value is -2.76. The first-order valence-corrected chi connectivity index (χ1v) is 12.3. The highest BCUT2D eigenvalue weighted by Crippen LogP contribution is 2.24. The number of benzene rings is 2. The molecular formula is C19H20N4O5S2. The van der Waals surface area contributed by atoms with Crippen LogP contribution in [0.25, 0.3) is 0 Å². The van der Waals surface area contributed by atoms with Crippen LogP contribution in [0, 0.1) is 0 Å². The van der Waals surface area contributed by atoms with Gasteiger partial charge in [0, 0.05) is 24.3 Å². The lowest BCUT2D eigenvalue weighted by Crippen LogP contribution is -2.28. The van der Waals surface area contributed by atoms with Gasteiger partial charge in [-0.15, -0.1) is 0 Å². The molecule has 1 fully saturated rings. The molecule has 158 valence electrons. The number of carbonyl (C=O) groups excluding carboxylic acids is 1. The Morgan fingerprint density at radius 2 is 1.83 bits per heavy atom. The van der Waals surface area contributed by atoms with Crippen molar-refractivity contribution in [2.75, 3.05) is 25.0 Å². The second-order valence-electron chi connectivity index (χ2n) is 6.95. The molecule has 11 heteroatoms. The van der Waals surface area contributed by atoms with Crippen molar-refractivity contribution in [3.63, 3.8) is 0 Å². The summed E-state index contributed by atoms with van der Waals surface area (Å²) in [6.45, 7) is 0.664. The first kappa shape index (κ1) is 20.5. The van der Waals surface area contributed by atoms with Crippen molar-refractivity contribution in [2.24, 2.45) is 4.99 Å². The predicted octanol–water partition coefficient (Wildman–Crippen LogP) is 1.15. The second-order valence-corrected chi connectivity index (χ2v) is 10.5. The second kappa shape index (κ2) is 7.82. The van der Waals surface area contributed by atoms with Gasteiger partial charge in [0.05, 0.1) is 9.79 Å². The molecule has 2 N–H and O–H groups in total. The molecule has 2 aromatic carbocycles. The topological polar surface area (TPSA) is 125 Å². The number of amidine groups is 1. The van der Waals surface area contributed by atoms with E-state index in [0.29, 0.717) is 24.3 Å². The molecular weight excluding hydrogens is 428 g/mol. The summed E-state index contributed by atoms with van der Waals surface area (Å²) in [6.07, 6.45) is 1.67. The van der Waals surface area contributed by atoms with Crippen LogP contribution < -0.4 is 10.0 Å². The molecule has 0 aromatic heterocycles. The minimum Gasteiger partial charge on any atom is -0.324 e. The maximum Gasteiger partial charge on any atom is 0.263 e. The molecule has 2 aliphatic rings. The Kier molecular flexibility index (Phi) is 5.35. The lowest BCUT2D eigenvalue weighted by atomic mass is 10.2. The molecule has 0 saturated carbocycles. The number of hydrogen-bond acceptors (Lipinski definition) is 6. The fourth-order valence-electron chi connectivity index (χ4n) is 3.41. The van der Waals surface area contributed by atoms with Crippen molar-refractivity contribution < 1.29 is 21.6 Å². The highest BCUT2D eigenvalue weighted by Gasteiger charge is 2.30. The number of amides is 1. The van der Waals surface area contributed by atoms with Gasteiger partial charge < -0.3 is 5.32 Å². The summed E-state index contributed by atoms with van der Waals surface area (Å²) in [5.74, 6) is -0.395. The lowest BCUT2D eigenvalue weighted by Gasteiger charge is -2.16. The van der Waals surface area contributed by atoms with Crippen LogP contribution in [0.1, 0.15) is 18.4 Å². The highest BCUT2D eigenvalue weighted by atomic mass is 32.2. The summed E-state index contributed by atoms with van der Waals surface area (Å²) in [4.78, 5) is 16.6. The van der Waals surface area contributed by atoms with Gasteiger partial charge in [0.2, 0.25) is 15.9 Å². The summed E-state index contributed by atoms with van der Waals surface area (Å²) in [5, 5.41) is 2.61. The van der Waals surface area contributed by atoms with E-state index in [2.05, 4.69) is 15.0 Å². The van der Waals surface area contributed by atoms with E-state index in [-0.39, 0.29) is 22.2 Å². The number of fused-ring (bicyclic) bond motifs is 1. The quantitative estimate of drug-likeness (QED) is 0.710. The Morgan fingerprint density at radius 3 is 2.60 bits per heavy atom. The Labute approximate surface area is 174 Å². The Balaban J connectivity index is 1.47. The molecule has 2 aromatic rings. The molecule has 30 heavy (non-hydrogen) atoms. The average molecular weight is 449 g/mol. The third kappa shape index (κ3) is 3.95. The zero-order valence-electron chi connectivity index (χ0n) is 15.9. The van der Waals surface area contributed by atoms with Crippen molar-refractivity contribution in [1.29, 1.82) is 0 Å². The van der Waals surface area contributed by atoms with Crippen LogP contribution >= 0.6 is 0 Å². The molecule has 0 bridgehead atoms. The molecule has 2 heterocycles. The lowest BCUT2D eigenvalue weighted by molar-refractivity contribution is -0.114. The molecule has 0 radical (unpaired) electrons. The molecule has 0 atom stereocenters. The number of sulfonamides is 2. The number of rotatable bonds is 5. The first-order valence-electron chi connectivity index (χ1n) is 9.34. The van der Waals surface area contributed by atoms with Crippen LogP contribution in [0.2, 0.25) is 0 Å². The minimum absolute atomic E-state index is 0.103. The van der Waals surface area contributed by atoms with Crippen LogP contribution in [0.3, 0.4) is 0 Å². The van der Waals surface area contributed by atoms with Crippen molar-refractivity contribution in [1.82, 2.24) is 9.03 Å². The minimum atomic E-state index is -3.68. The smallest absolute Gasteiger partial charge is 0.263 e. The van der Waals surface area contributed by atoms with E-state index in [1.54, 1.807) is 30.3 Å². The van der Waals surface area contributed by atoms with Gasteiger partial charge >= 0.3 is 0 Å². The van der Waals surface area contributed by atoms with E-state index in [4.69, 9.17) is 0 Å². The van der Waals surface area contributed by atoms with Crippen molar-refractivity contribution >= 4 is 37.5 Å². The molecule has 0 unspecified atom stereocenters. The first-order chi connectivity index (χ1) is 14.3. The van der Waals surface area contributed by atoms with Crippen LogP contribution in [-0.2, 0) is 24.8 Å². The molecule has 1 amide bonds. The predicted molar refractivity (Wildman–Crippen MR) is 111 cm³/mol. The fraction of sp³-hybridized carbons (Fsp3) is 0.263. The van der Waals surface area contributed by atoms with Crippen molar-refractivity contribution in [3.8, 4) is 0 Å². The van der Waals surface area contributed by atoms with Crippen LogP contribution in [0.5, 0.6) is 0 Å². The molecule has 2 aliphatic heterocycles. The molecule has 0 spiro atoms. The zero-order valence-corrected chi connectivity index (χ0v) is 17.5. The standard InChI is InChI=1S/C19H20N4O5S2/c24-18(13-20-19-16-8-1-2-9-17(16)29(25,26)22-19)21-14-6-5-7-15(12-14)30(27,28)23-10-3-4-11-23/h1-2,5-9,12H,3-4,10-11,13H2,(H,20,22)(H,21,24). The number of hydrogen-bond donors (Lipinski definition) is 2. The van der Waals surface area contributed by atoms with Crippen LogP contribution in [0.4, 0.5) is 5.69 Å². The normalized spacial score (nSPS) is 19.4. The number of anilines is 1. The number of aliphatic imine (C=N–C) groups is 1. The number of carbonyl (C=O) groups is 1. The van der Waals surface area contributed by atoms with Gasteiger partial charge in [0.1, 0.15) is 12.4 Å².